The summed E-state index contributed by atoms with van der Waals surface area (Å²) in [6, 6.07) is 3.31. The van der Waals surface area contributed by atoms with Crippen molar-refractivity contribution < 1.29 is 14.7 Å². The largest absolute Gasteiger partial charge is 0.481 e. The van der Waals surface area contributed by atoms with Gasteiger partial charge in [0.15, 0.2) is 0 Å². The van der Waals surface area contributed by atoms with Crippen LogP contribution in [-0.4, -0.2) is 23.7 Å². The maximum Gasteiger partial charge on any atom is 0.315 e. The van der Waals surface area contributed by atoms with Crippen LogP contribution in [0, 0.1) is 0 Å². The second kappa shape index (κ2) is 7.13. The number of carboxylic acids is 1. The molecular weight excluding hydrogens is 264 g/mol. The van der Waals surface area contributed by atoms with Crippen LogP contribution in [0.4, 0.5) is 4.79 Å². The van der Waals surface area contributed by atoms with Crippen LogP contribution in [0.1, 0.15) is 17.7 Å². The van der Waals surface area contributed by atoms with Crippen molar-refractivity contribution in [3.8, 4) is 0 Å². The molecule has 1 rings (SSSR count). The van der Waals surface area contributed by atoms with Crippen LogP contribution in [0.15, 0.2) is 12.1 Å². The lowest BCUT2D eigenvalue weighted by atomic mass is 10.3. The summed E-state index contributed by atoms with van der Waals surface area (Å²) in [5.41, 5.74) is 0. The van der Waals surface area contributed by atoms with Crippen LogP contribution < -0.4 is 10.6 Å². The molecule has 7 heteroatoms. The molecule has 0 radical (unpaired) electrons. The number of carbonyl (C=O) groups excluding carboxylic acids is 1. The first-order valence-corrected chi connectivity index (χ1v) is 6.25. The summed E-state index contributed by atoms with van der Waals surface area (Å²) in [4.78, 5) is 22.5. The van der Waals surface area contributed by atoms with Crippen molar-refractivity contribution in [2.45, 2.75) is 19.4 Å². The Labute approximate surface area is 108 Å². The second-order valence-electron chi connectivity index (χ2n) is 3.31. The topological polar surface area (TPSA) is 78.4 Å². The summed E-state index contributed by atoms with van der Waals surface area (Å²) in [6.45, 7) is 0.769. The molecule has 0 unspecified atom stereocenters. The predicted molar refractivity (Wildman–Crippen MR) is 66.4 cm³/mol. The molecule has 94 valence electrons. The van der Waals surface area contributed by atoms with Gasteiger partial charge in [0.05, 0.1) is 10.9 Å². The van der Waals surface area contributed by atoms with Gasteiger partial charge >= 0.3 is 12.0 Å². The smallest absolute Gasteiger partial charge is 0.315 e. The van der Waals surface area contributed by atoms with Gasteiger partial charge < -0.3 is 15.7 Å². The van der Waals surface area contributed by atoms with E-state index in [2.05, 4.69) is 10.6 Å². The van der Waals surface area contributed by atoms with Crippen LogP contribution in [0.2, 0.25) is 4.34 Å². The fourth-order valence-electron chi connectivity index (χ4n) is 1.12. The summed E-state index contributed by atoms with van der Waals surface area (Å²) in [7, 11) is 0. The molecule has 1 aromatic rings. The standard InChI is InChI=1S/C10H13ClN2O3S/c11-8-4-3-7(17-8)6-13-10(16)12-5-1-2-9(14)15/h3-4H,1-2,5-6H2,(H,14,15)(H2,12,13,16). The molecule has 0 saturated heterocycles. The lowest BCUT2D eigenvalue weighted by Crippen LogP contribution is -2.35. The number of hydrogen-bond acceptors (Lipinski definition) is 3. The SMILES string of the molecule is O=C(O)CCCNC(=O)NCc1ccc(Cl)s1. The average molecular weight is 277 g/mol. The van der Waals surface area contributed by atoms with Crippen molar-refractivity contribution in [2.24, 2.45) is 0 Å². The zero-order valence-corrected chi connectivity index (χ0v) is 10.6. The van der Waals surface area contributed by atoms with Gasteiger partial charge in [0, 0.05) is 17.8 Å². The van der Waals surface area contributed by atoms with E-state index in [4.69, 9.17) is 16.7 Å². The van der Waals surface area contributed by atoms with E-state index in [1.54, 1.807) is 6.07 Å². The Balaban J connectivity index is 2.11. The molecular formula is C10H13ClN2O3S. The fourth-order valence-corrected chi connectivity index (χ4v) is 2.15. The molecule has 0 atom stereocenters. The minimum Gasteiger partial charge on any atom is -0.481 e. The van der Waals surface area contributed by atoms with Gasteiger partial charge in [0.1, 0.15) is 0 Å². The third-order valence-corrected chi connectivity index (χ3v) is 3.14. The monoisotopic (exact) mass is 276 g/mol. The normalized spacial score (nSPS) is 9.94. The summed E-state index contributed by atoms with van der Waals surface area (Å²) in [5, 5.41) is 13.6. The second-order valence-corrected chi connectivity index (χ2v) is 5.11. The molecule has 2 amide bonds. The highest BCUT2D eigenvalue weighted by atomic mass is 35.5. The Bertz CT molecular complexity index is 395. The Hall–Kier alpha value is -1.27. The van der Waals surface area contributed by atoms with Gasteiger partial charge in [-0.05, 0) is 18.6 Å². The van der Waals surface area contributed by atoms with Crippen molar-refractivity contribution in [3.63, 3.8) is 0 Å². The lowest BCUT2D eigenvalue weighted by molar-refractivity contribution is -0.137. The molecule has 0 aromatic carbocycles. The van der Waals surface area contributed by atoms with Crippen LogP contribution in [0.3, 0.4) is 0 Å². The molecule has 5 nitrogen and oxygen atoms in total. The van der Waals surface area contributed by atoms with E-state index >= 15 is 0 Å². The molecule has 0 spiro atoms. The number of rotatable bonds is 6. The van der Waals surface area contributed by atoms with Crippen LogP contribution in [-0.2, 0) is 11.3 Å². The number of nitrogens with one attached hydrogen (secondary N) is 2. The van der Waals surface area contributed by atoms with Gasteiger partial charge in [-0.3, -0.25) is 4.79 Å². The summed E-state index contributed by atoms with van der Waals surface area (Å²) < 4.78 is 0.684. The van der Waals surface area contributed by atoms with Crippen LogP contribution >= 0.6 is 22.9 Å². The van der Waals surface area contributed by atoms with Crippen molar-refractivity contribution in [1.82, 2.24) is 10.6 Å². The van der Waals surface area contributed by atoms with Gasteiger partial charge in [0.2, 0.25) is 0 Å². The Morgan fingerprint density at radius 2 is 2.12 bits per heavy atom. The molecule has 0 fully saturated rings. The minimum atomic E-state index is -0.861. The first-order chi connectivity index (χ1) is 8.08. The van der Waals surface area contributed by atoms with Crippen molar-refractivity contribution in [2.75, 3.05) is 6.54 Å². The number of urea groups is 1. The van der Waals surface area contributed by atoms with E-state index in [1.165, 1.54) is 11.3 Å². The van der Waals surface area contributed by atoms with Gasteiger partial charge in [-0.2, -0.15) is 0 Å². The number of hydrogen-bond donors (Lipinski definition) is 3. The van der Waals surface area contributed by atoms with E-state index in [0.29, 0.717) is 23.8 Å². The molecule has 0 aliphatic heterocycles. The quantitative estimate of drug-likeness (QED) is 0.696. The third-order valence-electron chi connectivity index (χ3n) is 1.91. The number of carbonyl (C=O) groups is 2. The van der Waals surface area contributed by atoms with Crippen LogP contribution in [0.5, 0.6) is 0 Å². The first-order valence-electron chi connectivity index (χ1n) is 5.05. The average Bonchev–Trinajstić information content (AvgIpc) is 2.67. The Kier molecular flexibility index (Phi) is 5.79. The van der Waals surface area contributed by atoms with Gasteiger partial charge in [-0.25, -0.2) is 4.79 Å². The van der Waals surface area contributed by atoms with Gasteiger partial charge in [-0.1, -0.05) is 11.6 Å². The van der Waals surface area contributed by atoms with Crippen molar-refractivity contribution in [1.29, 1.82) is 0 Å². The highest BCUT2D eigenvalue weighted by molar-refractivity contribution is 7.16. The van der Waals surface area contributed by atoms with E-state index in [9.17, 15) is 9.59 Å². The van der Waals surface area contributed by atoms with Crippen molar-refractivity contribution in [3.05, 3.63) is 21.3 Å². The number of aliphatic carboxylic acids is 1. The van der Waals surface area contributed by atoms with E-state index in [1.807, 2.05) is 6.07 Å². The molecule has 0 bridgehead atoms. The molecule has 1 aromatic heterocycles. The minimum absolute atomic E-state index is 0.0564. The van der Waals surface area contributed by atoms with Gasteiger partial charge in [-0.15, -0.1) is 11.3 Å². The highest BCUT2D eigenvalue weighted by Crippen LogP contribution is 2.20. The highest BCUT2D eigenvalue weighted by Gasteiger charge is 2.02. The summed E-state index contributed by atoms with van der Waals surface area (Å²) in [6.07, 6.45) is 0.481. The zero-order chi connectivity index (χ0) is 12.7. The molecule has 1 heterocycles. The zero-order valence-electron chi connectivity index (χ0n) is 9.03. The van der Waals surface area contributed by atoms with Gasteiger partial charge in [0.25, 0.3) is 0 Å². The fraction of sp³-hybridized carbons (Fsp3) is 0.400. The van der Waals surface area contributed by atoms with Crippen LogP contribution in [0.25, 0.3) is 0 Å². The van der Waals surface area contributed by atoms with E-state index < -0.39 is 5.97 Å². The molecule has 0 saturated carbocycles. The number of carboxylic acid groups (broad SMARTS) is 1. The molecule has 17 heavy (non-hydrogen) atoms. The van der Waals surface area contributed by atoms with E-state index in [-0.39, 0.29) is 12.5 Å². The predicted octanol–water partition coefficient (Wildman–Crippen LogP) is 2.07. The number of amides is 2. The molecule has 0 aliphatic carbocycles. The lowest BCUT2D eigenvalue weighted by Gasteiger charge is -2.05. The summed E-state index contributed by atoms with van der Waals surface area (Å²) >= 11 is 7.15. The number of thiophene rings is 1. The maximum absolute atomic E-state index is 11.3. The molecule has 0 aliphatic rings. The number of halogens is 1. The summed E-state index contributed by atoms with van der Waals surface area (Å²) in [5.74, 6) is -0.861. The Morgan fingerprint density at radius 1 is 1.35 bits per heavy atom. The molecule has 3 N–H and O–H groups in total. The Morgan fingerprint density at radius 3 is 2.71 bits per heavy atom. The maximum atomic E-state index is 11.3. The first kappa shape index (κ1) is 13.8. The van der Waals surface area contributed by atoms with Crippen molar-refractivity contribution >= 4 is 34.9 Å². The third kappa shape index (κ3) is 6.13. The van der Waals surface area contributed by atoms with E-state index in [0.717, 1.165) is 4.88 Å².